The van der Waals surface area contributed by atoms with Crippen LogP contribution in [0.1, 0.15) is 22.3 Å². The maximum Gasteiger partial charge on any atom is 0.248 e. The van der Waals surface area contributed by atoms with E-state index in [9.17, 15) is 9.59 Å². The Hall–Kier alpha value is -2.86. The first-order valence-corrected chi connectivity index (χ1v) is 8.64. The van der Waals surface area contributed by atoms with Gasteiger partial charge in [0, 0.05) is 25.2 Å². The largest absolute Gasteiger partial charge is 0.493 e. The molecule has 0 radical (unpaired) electrons. The Bertz CT molecular complexity index is 719. The summed E-state index contributed by atoms with van der Waals surface area (Å²) in [6.45, 7) is 1.79. The van der Waals surface area contributed by atoms with Gasteiger partial charge in [-0.25, -0.2) is 0 Å². The van der Waals surface area contributed by atoms with E-state index in [0.29, 0.717) is 30.9 Å². The fourth-order valence-electron chi connectivity index (χ4n) is 2.58. The van der Waals surface area contributed by atoms with E-state index >= 15 is 0 Å². The van der Waals surface area contributed by atoms with Crippen LogP contribution in [-0.2, 0) is 11.2 Å². The molecule has 0 atom stereocenters. The minimum atomic E-state index is -0.512. The van der Waals surface area contributed by atoms with Crippen molar-refractivity contribution in [1.29, 1.82) is 0 Å². The average molecular weight is 355 g/mol. The topological polar surface area (TPSA) is 98.7 Å². The van der Waals surface area contributed by atoms with Gasteiger partial charge in [0.1, 0.15) is 5.75 Å². The molecule has 0 saturated heterocycles. The number of benzene rings is 2. The van der Waals surface area contributed by atoms with E-state index in [2.05, 4.69) is 0 Å². The summed E-state index contributed by atoms with van der Waals surface area (Å²) in [6, 6.07) is 16.6. The Labute approximate surface area is 153 Å². The van der Waals surface area contributed by atoms with Crippen molar-refractivity contribution < 1.29 is 14.3 Å². The van der Waals surface area contributed by atoms with Crippen molar-refractivity contribution >= 4 is 11.8 Å². The molecule has 4 N–H and O–H groups in total. The number of amides is 2. The molecule has 0 heterocycles. The second-order valence-corrected chi connectivity index (χ2v) is 5.90. The van der Waals surface area contributed by atoms with Gasteiger partial charge < -0.3 is 21.1 Å². The number of hydrogen-bond acceptors (Lipinski definition) is 4. The average Bonchev–Trinajstić information content (AvgIpc) is 2.66. The van der Waals surface area contributed by atoms with Crippen molar-refractivity contribution in [2.24, 2.45) is 11.5 Å². The van der Waals surface area contributed by atoms with Crippen LogP contribution in [0.5, 0.6) is 5.75 Å². The molecule has 2 aromatic rings. The zero-order valence-corrected chi connectivity index (χ0v) is 14.8. The van der Waals surface area contributed by atoms with E-state index in [4.69, 9.17) is 16.2 Å². The molecule has 0 aliphatic heterocycles. The van der Waals surface area contributed by atoms with Crippen molar-refractivity contribution in [1.82, 2.24) is 4.90 Å². The van der Waals surface area contributed by atoms with Crippen LogP contribution in [0.15, 0.2) is 54.6 Å². The number of primary amides is 1. The highest BCUT2D eigenvalue weighted by Crippen LogP contribution is 2.13. The second kappa shape index (κ2) is 10.2. The first kappa shape index (κ1) is 19.5. The number of ether oxygens (including phenoxy) is 1. The van der Waals surface area contributed by atoms with E-state index < -0.39 is 5.91 Å². The highest BCUT2D eigenvalue weighted by molar-refractivity contribution is 5.93. The minimum absolute atomic E-state index is 0.00237. The maximum atomic E-state index is 12.4. The monoisotopic (exact) mass is 355 g/mol. The van der Waals surface area contributed by atoms with Gasteiger partial charge in [-0.2, -0.15) is 0 Å². The number of nitrogens with zero attached hydrogens (tertiary/aromatic N) is 1. The lowest BCUT2D eigenvalue weighted by atomic mass is 10.1. The molecule has 2 rings (SSSR count). The van der Waals surface area contributed by atoms with Crippen molar-refractivity contribution in [2.45, 2.75) is 12.8 Å². The number of carbonyl (C=O) groups is 2. The molecule has 0 bridgehead atoms. The van der Waals surface area contributed by atoms with Gasteiger partial charge in [0.15, 0.2) is 0 Å². The number of carbonyl (C=O) groups excluding carboxylic acids is 2. The molecule has 138 valence electrons. The van der Waals surface area contributed by atoms with Crippen LogP contribution < -0.4 is 16.2 Å². The molecular formula is C20H25N3O3. The molecule has 0 aliphatic carbocycles. The molecule has 0 spiro atoms. The lowest BCUT2D eigenvalue weighted by Crippen LogP contribution is -2.37. The predicted molar refractivity (Wildman–Crippen MR) is 101 cm³/mol. The normalized spacial score (nSPS) is 10.3. The molecule has 6 heteroatoms. The Balaban J connectivity index is 1.83. The van der Waals surface area contributed by atoms with Crippen molar-refractivity contribution in [3.05, 3.63) is 65.7 Å². The van der Waals surface area contributed by atoms with E-state index in [1.165, 1.54) is 5.56 Å². The molecule has 26 heavy (non-hydrogen) atoms. The molecule has 0 saturated carbocycles. The first-order valence-electron chi connectivity index (χ1n) is 8.64. The van der Waals surface area contributed by atoms with E-state index in [-0.39, 0.29) is 18.9 Å². The van der Waals surface area contributed by atoms with Crippen molar-refractivity contribution in [3.8, 4) is 5.75 Å². The maximum absolute atomic E-state index is 12.4. The summed E-state index contributed by atoms with van der Waals surface area (Å²) in [6.07, 6.45) is 1.03. The highest BCUT2D eigenvalue weighted by atomic mass is 16.5. The van der Waals surface area contributed by atoms with Crippen LogP contribution in [-0.4, -0.2) is 43.0 Å². The number of nitrogens with two attached hydrogens (primary N) is 2. The zero-order chi connectivity index (χ0) is 18.8. The predicted octanol–water partition coefficient (Wildman–Crippen LogP) is 1.58. The minimum Gasteiger partial charge on any atom is -0.493 e. The molecule has 0 aromatic heterocycles. The third-order valence-electron chi connectivity index (χ3n) is 3.97. The molecular weight excluding hydrogens is 330 g/mol. The Morgan fingerprint density at radius 3 is 2.46 bits per heavy atom. The lowest BCUT2D eigenvalue weighted by Gasteiger charge is -2.22. The van der Waals surface area contributed by atoms with Crippen LogP contribution in [0, 0.1) is 0 Å². The molecule has 0 fully saturated rings. The Morgan fingerprint density at radius 2 is 1.77 bits per heavy atom. The summed E-state index contributed by atoms with van der Waals surface area (Å²) >= 11 is 0. The molecule has 6 nitrogen and oxygen atoms in total. The van der Waals surface area contributed by atoms with Gasteiger partial charge in [-0.1, -0.05) is 36.4 Å². The zero-order valence-electron chi connectivity index (χ0n) is 14.8. The second-order valence-electron chi connectivity index (χ2n) is 5.90. The van der Waals surface area contributed by atoms with Gasteiger partial charge in [0.25, 0.3) is 0 Å². The molecule has 2 amide bonds. The fraction of sp³-hybridized carbons (Fsp3) is 0.300. The van der Waals surface area contributed by atoms with Gasteiger partial charge in [-0.15, -0.1) is 0 Å². The highest BCUT2D eigenvalue weighted by Gasteiger charge is 2.13. The van der Waals surface area contributed by atoms with E-state index in [0.717, 1.165) is 6.42 Å². The summed E-state index contributed by atoms with van der Waals surface area (Å²) in [4.78, 5) is 25.4. The number of rotatable bonds is 10. The summed E-state index contributed by atoms with van der Waals surface area (Å²) < 4.78 is 5.57. The van der Waals surface area contributed by atoms with Gasteiger partial charge >= 0.3 is 0 Å². The molecule has 0 unspecified atom stereocenters. The fourth-order valence-corrected chi connectivity index (χ4v) is 2.58. The summed E-state index contributed by atoms with van der Waals surface area (Å²) in [5.41, 5.74) is 12.4. The van der Waals surface area contributed by atoms with Gasteiger partial charge in [-0.05, 0) is 30.2 Å². The number of hydrogen-bond donors (Lipinski definition) is 2. The smallest absolute Gasteiger partial charge is 0.248 e. The van der Waals surface area contributed by atoms with Crippen LogP contribution in [0.3, 0.4) is 0 Å². The van der Waals surface area contributed by atoms with E-state index in [1.54, 1.807) is 29.2 Å². The first-order chi connectivity index (χ1) is 12.6. The summed E-state index contributed by atoms with van der Waals surface area (Å²) in [7, 11) is 0. The van der Waals surface area contributed by atoms with Crippen LogP contribution in [0.2, 0.25) is 0 Å². The van der Waals surface area contributed by atoms with Gasteiger partial charge in [-0.3, -0.25) is 9.59 Å². The lowest BCUT2D eigenvalue weighted by molar-refractivity contribution is -0.131. The quantitative estimate of drug-likeness (QED) is 0.676. The Morgan fingerprint density at radius 1 is 1.00 bits per heavy atom. The summed E-state index contributed by atoms with van der Waals surface area (Å²) in [5, 5.41) is 0. The van der Waals surface area contributed by atoms with Crippen LogP contribution in [0.25, 0.3) is 0 Å². The SMILES string of the molecule is NCCN(CCc1ccccc1)C(=O)CCOc1cccc(C(N)=O)c1. The van der Waals surface area contributed by atoms with Gasteiger partial charge in [0.05, 0.1) is 13.0 Å². The third kappa shape index (κ3) is 6.22. The van der Waals surface area contributed by atoms with Crippen LogP contribution in [0.4, 0.5) is 0 Å². The Kier molecular flexibility index (Phi) is 7.64. The van der Waals surface area contributed by atoms with E-state index in [1.807, 2.05) is 30.3 Å². The standard InChI is InChI=1S/C20H25N3O3/c21-11-13-23(12-9-16-5-2-1-3-6-16)19(24)10-14-26-18-8-4-7-17(15-18)20(22)25/h1-8,15H,9-14,21H2,(H2,22,25). The summed E-state index contributed by atoms with van der Waals surface area (Å²) in [5.74, 6) is 0.00255. The van der Waals surface area contributed by atoms with Crippen molar-refractivity contribution in [2.75, 3.05) is 26.2 Å². The van der Waals surface area contributed by atoms with Crippen LogP contribution >= 0.6 is 0 Å². The van der Waals surface area contributed by atoms with Gasteiger partial charge in [0.2, 0.25) is 11.8 Å². The van der Waals surface area contributed by atoms with Crippen molar-refractivity contribution in [3.63, 3.8) is 0 Å². The third-order valence-corrected chi connectivity index (χ3v) is 3.97. The molecule has 0 aliphatic rings. The molecule has 2 aromatic carbocycles.